The fourth-order valence-corrected chi connectivity index (χ4v) is 4.06. The Balaban J connectivity index is 1.41. The molecular formula is C15H15ClN6OS. The number of anilines is 1. The minimum absolute atomic E-state index is 0.0625. The van der Waals surface area contributed by atoms with Crippen molar-refractivity contribution < 1.29 is 4.79 Å². The van der Waals surface area contributed by atoms with Gasteiger partial charge in [-0.05, 0) is 12.1 Å². The molecule has 1 aliphatic rings. The number of thiazole rings is 1. The molecule has 1 saturated heterocycles. The number of hydrogen-bond donors (Lipinski definition) is 0. The van der Waals surface area contributed by atoms with Crippen molar-refractivity contribution in [3.8, 4) is 0 Å². The lowest BCUT2D eigenvalue weighted by Gasteiger charge is -2.34. The second-order valence-electron chi connectivity index (χ2n) is 5.54. The lowest BCUT2D eigenvalue weighted by molar-refractivity contribution is -0.132. The summed E-state index contributed by atoms with van der Waals surface area (Å²) < 4.78 is 2.63. The van der Waals surface area contributed by atoms with Gasteiger partial charge in [0.1, 0.15) is 24.7 Å². The van der Waals surface area contributed by atoms with E-state index in [9.17, 15) is 4.79 Å². The Morgan fingerprint density at radius 1 is 1.25 bits per heavy atom. The summed E-state index contributed by atoms with van der Waals surface area (Å²) in [4.78, 5) is 24.9. The van der Waals surface area contributed by atoms with Crippen molar-refractivity contribution in [1.82, 2.24) is 24.6 Å². The summed E-state index contributed by atoms with van der Waals surface area (Å²) in [5.41, 5.74) is 0.851. The van der Waals surface area contributed by atoms with Crippen LogP contribution in [0.4, 0.5) is 5.13 Å². The standard InChI is InChI=1S/C15H15ClN6OS/c16-11-2-1-3-12-14(11)19-15(24-12)21-6-4-20(5-7-21)13(23)8-22-10-17-9-18-22/h1-3,9-10H,4-8H2. The molecule has 3 aromatic rings. The third-order valence-electron chi connectivity index (χ3n) is 4.03. The van der Waals surface area contributed by atoms with Crippen molar-refractivity contribution in [2.45, 2.75) is 6.54 Å². The van der Waals surface area contributed by atoms with Gasteiger partial charge >= 0.3 is 0 Å². The summed E-state index contributed by atoms with van der Waals surface area (Å²) in [5, 5.41) is 5.61. The smallest absolute Gasteiger partial charge is 0.244 e. The number of amides is 1. The zero-order valence-corrected chi connectivity index (χ0v) is 14.4. The van der Waals surface area contributed by atoms with Crippen LogP contribution in [-0.2, 0) is 11.3 Å². The largest absolute Gasteiger partial charge is 0.345 e. The van der Waals surface area contributed by atoms with Crippen LogP contribution in [0.25, 0.3) is 10.2 Å². The van der Waals surface area contributed by atoms with E-state index in [1.165, 1.54) is 6.33 Å². The van der Waals surface area contributed by atoms with Crippen molar-refractivity contribution in [3.63, 3.8) is 0 Å². The number of piperazine rings is 1. The molecule has 1 amide bonds. The summed E-state index contributed by atoms with van der Waals surface area (Å²) in [6.45, 7) is 3.12. The number of halogens is 1. The molecule has 0 N–H and O–H groups in total. The van der Waals surface area contributed by atoms with Gasteiger partial charge in [-0.1, -0.05) is 29.0 Å². The summed E-state index contributed by atoms with van der Waals surface area (Å²) in [6, 6.07) is 5.82. The van der Waals surface area contributed by atoms with Gasteiger partial charge in [0.25, 0.3) is 0 Å². The molecule has 124 valence electrons. The van der Waals surface area contributed by atoms with Crippen LogP contribution in [0.3, 0.4) is 0 Å². The summed E-state index contributed by atoms with van der Waals surface area (Å²) in [7, 11) is 0. The van der Waals surface area contributed by atoms with Crippen molar-refractivity contribution in [2.75, 3.05) is 31.1 Å². The first kappa shape index (κ1) is 15.3. The number of hydrogen-bond acceptors (Lipinski definition) is 6. The Bertz CT molecular complexity index is 856. The fraction of sp³-hybridized carbons (Fsp3) is 0.333. The molecule has 0 spiro atoms. The Hall–Kier alpha value is -2.19. The van der Waals surface area contributed by atoms with Crippen LogP contribution in [0.15, 0.2) is 30.9 Å². The van der Waals surface area contributed by atoms with Gasteiger partial charge in [0.2, 0.25) is 5.91 Å². The molecule has 7 nitrogen and oxygen atoms in total. The van der Waals surface area contributed by atoms with Crippen LogP contribution in [0.1, 0.15) is 0 Å². The quantitative estimate of drug-likeness (QED) is 0.711. The highest BCUT2D eigenvalue weighted by atomic mass is 35.5. The minimum atomic E-state index is 0.0625. The molecule has 4 rings (SSSR count). The van der Waals surface area contributed by atoms with E-state index >= 15 is 0 Å². The molecule has 1 fully saturated rings. The highest BCUT2D eigenvalue weighted by Crippen LogP contribution is 2.33. The van der Waals surface area contributed by atoms with Gasteiger partial charge in [-0.2, -0.15) is 5.10 Å². The van der Waals surface area contributed by atoms with E-state index in [-0.39, 0.29) is 12.5 Å². The molecule has 0 unspecified atom stereocenters. The van der Waals surface area contributed by atoms with E-state index < -0.39 is 0 Å². The number of aromatic nitrogens is 4. The van der Waals surface area contributed by atoms with Crippen LogP contribution in [0, 0.1) is 0 Å². The minimum Gasteiger partial charge on any atom is -0.345 e. The first-order valence-electron chi connectivity index (χ1n) is 7.61. The molecule has 24 heavy (non-hydrogen) atoms. The number of carbonyl (C=O) groups excluding carboxylic acids is 1. The van der Waals surface area contributed by atoms with Gasteiger partial charge in [-0.25, -0.2) is 14.6 Å². The summed E-state index contributed by atoms with van der Waals surface area (Å²) in [5.74, 6) is 0.0625. The Labute approximate surface area is 147 Å². The third kappa shape index (κ3) is 2.94. The predicted molar refractivity (Wildman–Crippen MR) is 93.4 cm³/mol. The number of fused-ring (bicyclic) bond motifs is 1. The topological polar surface area (TPSA) is 67.2 Å². The highest BCUT2D eigenvalue weighted by Gasteiger charge is 2.23. The zero-order chi connectivity index (χ0) is 16.5. The monoisotopic (exact) mass is 362 g/mol. The van der Waals surface area contributed by atoms with E-state index in [2.05, 4.69) is 20.0 Å². The predicted octanol–water partition coefficient (Wildman–Crippen LogP) is 1.89. The maximum Gasteiger partial charge on any atom is 0.244 e. The molecule has 2 aromatic heterocycles. The molecule has 0 atom stereocenters. The number of rotatable bonds is 3. The number of benzene rings is 1. The van der Waals surface area contributed by atoms with E-state index in [1.54, 1.807) is 22.3 Å². The molecule has 0 bridgehead atoms. The molecule has 9 heteroatoms. The zero-order valence-electron chi connectivity index (χ0n) is 12.8. The maximum absolute atomic E-state index is 12.3. The van der Waals surface area contributed by atoms with Gasteiger partial charge in [0.05, 0.1) is 9.72 Å². The van der Waals surface area contributed by atoms with E-state index in [0.29, 0.717) is 18.1 Å². The van der Waals surface area contributed by atoms with Crippen LogP contribution in [0.5, 0.6) is 0 Å². The Morgan fingerprint density at radius 3 is 2.79 bits per heavy atom. The number of nitrogens with zero attached hydrogens (tertiary/aromatic N) is 6. The van der Waals surface area contributed by atoms with E-state index in [4.69, 9.17) is 11.6 Å². The van der Waals surface area contributed by atoms with Crippen LogP contribution in [0.2, 0.25) is 5.02 Å². The van der Waals surface area contributed by atoms with Crippen molar-refractivity contribution in [2.24, 2.45) is 0 Å². The molecule has 0 saturated carbocycles. The van der Waals surface area contributed by atoms with Gasteiger partial charge in [0.15, 0.2) is 5.13 Å². The van der Waals surface area contributed by atoms with Gasteiger partial charge < -0.3 is 9.80 Å². The Morgan fingerprint density at radius 2 is 2.08 bits per heavy atom. The third-order valence-corrected chi connectivity index (χ3v) is 5.41. The fourth-order valence-electron chi connectivity index (χ4n) is 2.74. The lowest BCUT2D eigenvalue weighted by Crippen LogP contribution is -2.49. The number of carbonyl (C=O) groups is 1. The molecule has 0 radical (unpaired) electrons. The van der Waals surface area contributed by atoms with Gasteiger partial charge in [-0.3, -0.25) is 4.79 Å². The molecule has 0 aliphatic carbocycles. The second kappa shape index (κ2) is 6.37. The average Bonchev–Trinajstić information content (AvgIpc) is 3.25. The molecule has 3 heterocycles. The first-order chi connectivity index (χ1) is 11.7. The number of para-hydroxylation sites is 1. The molecular weight excluding hydrogens is 348 g/mol. The van der Waals surface area contributed by atoms with Crippen LogP contribution < -0.4 is 4.90 Å². The first-order valence-corrected chi connectivity index (χ1v) is 8.80. The summed E-state index contributed by atoms with van der Waals surface area (Å²) in [6.07, 6.45) is 2.99. The van der Waals surface area contributed by atoms with Crippen LogP contribution in [-0.4, -0.2) is 56.7 Å². The van der Waals surface area contributed by atoms with E-state index in [1.807, 2.05) is 23.1 Å². The summed E-state index contributed by atoms with van der Waals surface area (Å²) >= 11 is 7.84. The van der Waals surface area contributed by atoms with Crippen molar-refractivity contribution >= 4 is 44.2 Å². The maximum atomic E-state index is 12.3. The van der Waals surface area contributed by atoms with Crippen molar-refractivity contribution in [1.29, 1.82) is 0 Å². The normalized spacial score (nSPS) is 15.2. The molecule has 1 aliphatic heterocycles. The average molecular weight is 363 g/mol. The highest BCUT2D eigenvalue weighted by molar-refractivity contribution is 7.22. The van der Waals surface area contributed by atoms with Crippen LogP contribution >= 0.6 is 22.9 Å². The SMILES string of the molecule is O=C(Cn1cncn1)N1CCN(c2nc3c(Cl)cccc3s2)CC1. The second-order valence-corrected chi connectivity index (χ2v) is 6.96. The Kier molecular flexibility index (Phi) is 4.07. The van der Waals surface area contributed by atoms with Gasteiger partial charge in [0, 0.05) is 26.2 Å². The lowest BCUT2D eigenvalue weighted by atomic mass is 10.3. The van der Waals surface area contributed by atoms with Gasteiger partial charge in [-0.15, -0.1) is 0 Å². The molecule has 1 aromatic carbocycles. The van der Waals surface area contributed by atoms with E-state index in [0.717, 1.165) is 28.4 Å². The van der Waals surface area contributed by atoms with Crippen molar-refractivity contribution in [3.05, 3.63) is 35.9 Å².